The fraction of sp³-hybridized carbons (Fsp3) is 0.474. The molecule has 7 nitrogen and oxygen atoms in total. The maximum Gasteiger partial charge on any atom is 0.251 e. The number of amides is 1. The lowest BCUT2D eigenvalue weighted by Gasteiger charge is -2.28. The molecule has 1 heterocycles. The summed E-state index contributed by atoms with van der Waals surface area (Å²) < 4.78 is 26.4. The SMILES string of the molecule is CN(c1ccc(C(=O)NC2CCC(Sc3nccn3C)CC2)cc1)S(C)(=O)=O. The number of nitrogens with one attached hydrogen (secondary N) is 1. The van der Waals surface area contributed by atoms with Crippen LogP contribution in [0, 0.1) is 0 Å². The second-order valence-corrected chi connectivity index (χ2v) is 10.4. The van der Waals surface area contributed by atoms with Crippen molar-refractivity contribution in [1.29, 1.82) is 0 Å². The van der Waals surface area contributed by atoms with Crippen molar-refractivity contribution >= 4 is 33.4 Å². The van der Waals surface area contributed by atoms with Crippen LogP contribution in [-0.4, -0.2) is 48.5 Å². The van der Waals surface area contributed by atoms with Gasteiger partial charge < -0.3 is 9.88 Å². The van der Waals surface area contributed by atoms with Gasteiger partial charge in [-0.2, -0.15) is 0 Å². The number of anilines is 1. The van der Waals surface area contributed by atoms with E-state index in [2.05, 4.69) is 10.3 Å². The van der Waals surface area contributed by atoms with Gasteiger partial charge in [-0.25, -0.2) is 13.4 Å². The Balaban J connectivity index is 1.51. The molecule has 1 aromatic heterocycles. The van der Waals surface area contributed by atoms with Crippen molar-refractivity contribution in [2.45, 2.75) is 42.1 Å². The molecule has 0 radical (unpaired) electrons. The zero-order valence-corrected chi connectivity index (χ0v) is 18.0. The molecule has 9 heteroatoms. The molecule has 1 aromatic carbocycles. The molecule has 0 bridgehead atoms. The summed E-state index contributed by atoms with van der Waals surface area (Å²) in [6.45, 7) is 0. The number of carbonyl (C=O) groups excluding carboxylic acids is 1. The average molecular weight is 423 g/mol. The van der Waals surface area contributed by atoms with E-state index in [4.69, 9.17) is 0 Å². The maximum atomic E-state index is 12.5. The van der Waals surface area contributed by atoms with Crippen LogP contribution in [-0.2, 0) is 17.1 Å². The third-order valence-electron chi connectivity index (χ3n) is 5.05. The Kier molecular flexibility index (Phi) is 6.34. The van der Waals surface area contributed by atoms with Crippen LogP contribution in [0.3, 0.4) is 0 Å². The van der Waals surface area contributed by atoms with Gasteiger partial charge in [0.15, 0.2) is 5.16 Å². The Morgan fingerprint density at radius 1 is 1.21 bits per heavy atom. The Hall–Kier alpha value is -2.00. The first-order valence-electron chi connectivity index (χ1n) is 9.23. The summed E-state index contributed by atoms with van der Waals surface area (Å²) in [7, 11) is 0.178. The lowest BCUT2D eigenvalue weighted by Crippen LogP contribution is -2.38. The van der Waals surface area contributed by atoms with Gasteiger partial charge in [-0.1, -0.05) is 11.8 Å². The van der Waals surface area contributed by atoms with Crippen molar-refractivity contribution < 1.29 is 13.2 Å². The minimum Gasteiger partial charge on any atom is -0.349 e. The lowest BCUT2D eigenvalue weighted by atomic mass is 9.94. The van der Waals surface area contributed by atoms with Crippen LogP contribution in [0.15, 0.2) is 41.8 Å². The van der Waals surface area contributed by atoms with E-state index < -0.39 is 10.0 Å². The molecule has 1 aliphatic rings. The van der Waals surface area contributed by atoms with Crippen LogP contribution < -0.4 is 9.62 Å². The van der Waals surface area contributed by atoms with Crippen LogP contribution in [0.5, 0.6) is 0 Å². The predicted octanol–water partition coefficient (Wildman–Crippen LogP) is 2.65. The van der Waals surface area contributed by atoms with Crippen molar-refractivity contribution in [2.75, 3.05) is 17.6 Å². The van der Waals surface area contributed by atoms with E-state index in [-0.39, 0.29) is 11.9 Å². The number of sulfonamides is 1. The fourth-order valence-electron chi connectivity index (χ4n) is 3.22. The number of hydrogen-bond acceptors (Lipinski definition) is 5. The topological polar surface area (TPSA) is 84.3 Å². The van der Waals surface area contributed by atoms with E-state index in [0.29, 0.717) is 16.5 Å². The molecule has 1 saturated carbocycles. The molecule has 28 heavy (non-hydrogen) atoms. The molecule has 0 spiro atoms. The smallest absolute Gasteiger partial charge is 0.251 e. The van der Waals surface area contributed by atoms with Gasteiger partial charge in [0, 0.05) is 43.3 Å². The minimum atomic E-state index is -3.31. The molecule has 152 valence electrons. The van der Waals surface area contributed by atoms with Gasteiger partial charge in [0.2, 0.25) is 10.0 Å². The van der Waals surface area contributed by atoms with Gasteiger partial charge in [0.1, 0.15) is 0 Å². The molecule has 3 rings (SSSR count). The molecule has 1 aliphatic carbocycles. The number of thioether (sulfide) groups is 1. The van der Waals surface area contributed by atoms with Gasteiger partial charge in [-0.05, 0) is 49.9 Å². The second-order valence-electron chi connectivity index (χ2n) is 7.16. The van der Waals surface area contributed by atoms with E-state index in [9.17, 15) is 13.2 Å². The number of rotatable bonds is 6. The molecular weight excluding hydrogens is 396 g/mol. The minimum absolute atomic E-state index is 0.117. The second kappa shape index (κ2) is 8.57. The third-order valence-corrected chi connectivity index (χ3v) is 7.66. The molecule has 1 N–H and O–H groups in total. The average Bonchev–Trinajstić information content (AvgIpc) is 3.06. The van der Waals surface area contributed by atoms with E-state index in [1.807, 2.05) is 24.0 Å². The first-order chi connectivity index (χ1) is 13.2. The summed E-state index contributed by atoms with van der Waals surface area (Å²) in [4.78, 5) is 16.9. The number of hydrogen-bond donors (Lipinski definition) is 1. The summed E-state index contributed by atoms with van der Waals surface area (Å²) in [5, 5.41) is 4.67. The molecule has 1 amide bonds. The van der Waals surface area contributed by atoms with Crippen molar-refractivity contribution in [3.63, 3.8) is 0 Å². The van der Waals surface area contributed by atoms with Crippen LogP contribution >= 0.6 is 11.8 Å². The lowest BCUT2D eigenvalue weighted by molar-refractivity contribution is 0.0928. The van der Waals surface area contributed by atoms with Gasteiger partial charge in [0.05, 0.1) is 11.9 Å². The van der Waals surface area contributed by atoms with Crippen LogP contribution in [0.1, 0.15) is 36.0 Å². The zero-order valence-electron chi connectivity index (χ0n) is 16.3. The molecular formula is C19H26N4O3S2. The predicted molar refractivity (Wildman–Crippen MR) is 112 cm³/mol. The standard InChI is InChI=1S/C19H26N4O3S2/c1-22-13-12-20-19(22)27-17-10-6-15(7-11-17)21-18(24)14-4-8-16(9-5-14)23(2)28(3,25)26/h4-5,8-9,12-13,15,17H,6-7,10-11H2,1-3H3,(H,21,24). The van der Waals surface area contributed by atoms with Gasteiger partial charge in [0.25, 0.3) is 5.91 Å². The van der Waals surface area contributed by atoms with E-state index in [1.54, 1.807) is 36.0 Å². The van der Waals surface area contributed by atoms with E-state index >= 15 is 0 Å². The maximum absolute atomic E-state index is 12.5. The largest absolute Gasteiger partial charge is 0.349 e. The Morgan fingerprint density at radius 3 is 2.39 bits per heavy atom. The van der Waals surface area contributed by atoms with Gasteiger partial charge in [-0.15, -0.1) is 0 Å². The quantitative estimate of drug-likeness (QED) is 0.774. The summed E-state index contributed by atoms with van der Waals surface area (Å²) in [5.41, 5.74) is 1.07. The highest BCUT2D eigenvalue weighted by Crippen LogP contribution is 2.32. The molecule has 1 fully saturated rings. The zero-order chi connectivity index (χ0) is 20.3. The summed E-state index contributed by atoms with van der Waals surface area (Å²) in [6, 6.07) is 6.79. The highest BCUT2D eigenvalue weighted by Gasteiger charge is 2.24. The number of carbonyl (C=O) groups is 1. The molecule has 0 saturated heterocycles. The number of aromatic nitrogens is 2. The van der Waals surface area contributed by atoms with Crippen molar-refractivity contribution in [3.05, 3.63) is 42.2 Å². The van der Waals surface area contributed by atoms with Gasteiger partial charge >= 0.3 is 0 Å². The number of benzene rings is 1. The highest BCUT2D eigenvalue weighted by atomic mass is 32.2. The van der Waals surface area contributed by atoms with E-state index in [1.165, 1.54) is 11.4 Å². The van der Waals surface area contributed by atoms with E-state index in [0.717, 1.165) is 37.1 Å². The third kappa shape index (κ3) is 5.08. The van der Waals surface area contributed by atoms with Crippen molar-refractivity contribution in [2.24, 2.45) is 7.05 Å². The van der Waals surface area contributed by atoms with Gasteiger partial charge in [-0.3, -0.25) is 9.10 Å². The van der Waals surface area contributed by atoms with Crippen molar-refractivity contribution in [3.8, 4) is 0 Å². The molecule has 0 unspecified atom stereocenters. The highest BCUT2D eigenvalue weighted by molar-refractivity contribution is 7.99. The number of nitrogens with zero attached hydrogens (tertiary/aromatic N) is 3. The fourth-order valence-corrected chi connectivity index (χ4v) is 4.88. The Morgan fingerprint density at radius 2 is 1.86 bits per heavy atom. The summed E-state index contributed by atoms with van der Waals surface area (Å²) in [5.74, 6) is -0.117. The Bertz CT molecular complexity index is 917. The van der Waals surface area contributed by atoms with Crippen LogP contribution in [0.2, 0.25) is 0 Å². The van der Waals surface area contributed by atoms with Crippen molar-refractivity contribution in [1.82, 2.24) is 14.9 Å². The van der Waals surface area contributed by atoms with Crippen LogP contribution in [0.4, 0.5) is 5.69 Å². The first-order valence-corrected chi connectivity index (χ1v) is 12.0. The number of imidazole rings is 1. The summed E-state index contributed by atoms with van der Waals surface area (Å²) in [6.07, 6.45) is 8.89. The normalized spacial score (nSPS) is 20.0. The molecule has 0 aliphatic heterocycles. The molecule has 0 atom stereocenters. The monoisotopic (exact) mass is 422 g/mol. The Labute approximate surface area is 170 Å². The first kappa shape index (κ1) is 20.7. The summed E-state index contributed by atoms with van der Waals surface area (Å²) >= 11 is 1.81. The number of aryl methyl sites for hydroxylation is 1. The molecule has 2 aromatic rings. The van der Waals surface area contributed by atoms with Crippen LogP contribution in [0.25, 0.3) is 0 Å².